The number of allylic oxidation sites excluding steroid dienone is 14. The lowest BCUT2D eigenvalue weighted by Gasteiger charge is -2.18. The summed E-state index contributed by atoms with van der Waals surface area (Å²) in [6.07, 6.45) is 25.5. The largest absolute Gasteiger partial charge is 0.472 e. The first-order valence-electron chi connectivity index (χ1n) is 11.8. The fraction of sp³-hybridized carbons (Fsp3) is 0.241. The number of esters is 2. The van der Waals surface area contributed by atoms with Gasteiger partial charge in [0, 0.05) is 6.54 Å². The molecule has 0 spiro atoms. The Morgan fingerprint density at radius 2 is 1.28 bits per heavy atom. The van der Waals surface area contributed by atoms with Crippen LogP contribution < -0.4 is 5.73 Å². The molecule has 0 aliphatic carbocycles. The predicted octanol–water partition coefficient (Wildman–Crippen LogP) is 4.64. The molecule has 0 rings (SSSR count). The molecule has 3 N–H and O–H groups in total. The van der Waals surface area contributed by atoms with Crippen LogP contribution in [0.1, 0.15) is 13.8 Å². The minimum atomic E-state index is -4.46. The number of nitrogens with two attached hydrogens (primary N) is 1. The average molecular weight is 556 g/mol. The number of hydrogen-bond acceptors (Lipinski definition) is 8. The van der Waals surface area contributed by atoms with Gasteiger partial charge in [0.2, 0.25) is 0 Å². The number of carbonyl (C=O) groups excluding carboxylic acids is 2. The van der Waals surface area contributed by atoms with E-state index < -0.39 is 39.1 Å². The number of rotatable bonds is 17. The zero-order valence-corrected chi connectivity index (χ0v) is 22.9. The van der Waals surface area contributed by atoms with Crippen molar-refractivity contribution in [1.29, 1.82) is 0 Å². The molecule has 0 saturated carbocycles. The number of phosphoric acid groups is 1. The lowest BCUT2D eigenvalue weighted by atomic mass is 10.4. The van der Waals surface area contributed by atoms with Gasteiger partial charge in [0.05, 0.1) is 25.4 Å². The molecule has 2 atom stereocenters. The topological polar surface area (TPSA) is 134 Å². The van der Waals surface area contributed by atoms with Gasteiger partial charge >= 0.3 is 19.8 Å². The number of ether oxygens (including phenoxy) is 2. The summed E-state index contributed by atoms with van der Waals surface area (Å²) in [5.74, 6) is -1.68. The van der Waals surface area contributed by atoms with Crippen molar-refractivity contribution in [3.63, 3.8) is 0 Å². The van der Waals surface area contributed by atoms with Crippen molar-refractivity contribution in [2.24, 2.45) is 5.73 Å². The van der Waals surface area contributed by atoms with Gasteiger partial charge < -0.3 is 20.1 Å². The molecule has 0 aliphatic heterocycles. The van der Waals surface area contributed by atoms with Crippen molar-refractivity contribution in [1.82, 2.24) is 0 Å². The maximum absolute atomic E-state index is 12.1. The van der Waals surface area contributed by atoms with Gasteiger partial charge in [0.25, 0.3) is 0 Å². The summed E-state index contributed by atoms with van der Waals surface area (Å²) < 4.78 is 31.5. The van der Waals surface area contributed by atoms with Gasteiger partial charge in [-0.25, -0.2) is 14.2 Å². The van der Waals surface area contributed by atoms with Gasteiger partial charge in [-0.05, 0) is 26.0 Å². The third-order valence-corrected chi connectivity index (χ3v) is 4.65. The summed E-state index contributed by atoms with van der Waals surface area (Å²) in [5, 5.41) is 0. The van der Waals surface area contributed by atoms with Crippen molar-refractivity contribution in [2.45, 2.75) is 20.0 Å². The average Bonchev–Trinajstić information content (AvgIpc) is 2.91. The second-order valence-electron chi connectivity index (χ2n) is 6.87. The quantitative estimate of drug-likeness (QED) is 0.0865. The third kappa shape index (κ3) is 24.2. The van der Waals surface area contributed by atoms with Gasteiger partial charge in [0.15, 0.2) is 6.10 Å². The van der Waals surface area contributed by atoms with E-state index in [4.69, 9.17) is 19.7 Å². The van der Waals surface area contributed by atoms with Crippen molar-refractivity contribution in [2.75, 3.05) is 26.4 Å². The van der Waals surface area contributed by atoms with E-state index in [1.165, 1.54) is 12.2 Å². The molecule has 0 fully saturated rings. The molecule has 208 valence electrons. The molecule has 0 amide bonds. The molecule has 0 saturated heterocycles. The number of carbonyl (C=O) groups is 2. The summed E-state index contributed by atoms with van der Waals surface area (Å²) in [5.41, 5.74) is 15.5. The summed E-state index contributed by atoms with van der Waals surface area (Å²) in [7, 11) is -4.46. The zero-order valence-electron chi connectivity index (χ0n) is 22.0. The molecule has 0 aromatic rings. The van der Waals surface area contributed by atoms with Gasteiger partial charge in [-0.15, -0.1) is 0 Å². The summed E-state index contributed by atoms with van der Waals surface area (Å²) in [6, 6.07) is 0. The zero-order chi connectivity index (χ0) is 29.0. The van der Waals surface area contributed by atoms with E-state index >= 15 is 0 Å². The Morgan fingerprint density at radius 1 is 0.769 bits per heavy atom. The van der Waals surface area contributed by atoms with E-state index in [1.807, 2.05) is 62.5 Å². The summed E-state index contributed by atoms with van der Waals surface area (Å²) in [4.78, 5) is 33.7. The van der Waals surface area contributed by atoms with E-state index in [0.717, 1.165) is 12.2 Å². The predicted molar refractivity (Wildman–Crippen MR) is 150 cm³/mol. The summed E-state index contributed by atoms with van der Waals surface area (Å²) >= 11 is 0. The monoisotopic (exact) mass is 555 g/mol. The molecule has 2 unspecified atom stereocenters. The smallest absolute Gasteiger partial charge is 0.458 e. The van der Waals surface area contributed by atoms with Gasteiger partial charge in [-0.1, -0.05) is 95.8 Å². The first kappa shape index (κ1) is 35.0. The van der Waals surface area contributed by atoms with Crippen molar-refractivity contribution >= 4 is 19.8 Å². The SMILES string of the molecule is CC=CC=CC=CC=C=C=CC(=O)OCC(COP(=O)(O)OCCN)OC(=O)C=C=C=CC=CC=CC=CC. The molecular weight excluding hydrogens is 521 g/mol. The maximum Gasteiger partial charge on any atom is 0.472 e. The Kier molecular flexibility index (Phi) is 21.9. The second-order valence-corrected chi connectivity index (χ2v) is 8.32. The van der Waals surface area contributed by atoms with Crippen LogP contribution in [0.3, 0.4) is 0 Å². The highest BCUT2D eigenvalue weighted by molar-refractivity contribution is 7.47. The van der Waals surface area contributed by atoms with E-state index in [2.05, 4.69) is 27.4 Å². The minimum absolute atomic E-state index is 0.00710. The van der Waals surface area contributed by atoms with Crippen LogP contribution in [-0.4, -0.2) is 49.3 Å². The van der Waals surface area contributed by atoms with Crippen molar-refractivity contribution in [3.8, 4) is 0 Å². The Morgan fingerprint density at radius 3 is 1.82 bits per heavy atom. The Bertz CT molecular complexity index is 1180. The van der Waals surface area contributed by atoms with Crippen LogP contribution in [0.2, 0.25) is 0 Å². The highest BCUT2D eigenvalue weighted by Gasteiger charge is 2.25. The minimum Gasteiger partial charge on any atom is -0.458 e. The highest BCUT2D eigenvalue weighted by atomic mass is 31.2. The third-order valence-electron chi connectivity index (χ3n) is 3.67. The highest BCUT2D eigenvalue weighted by Crippen LogP contribution is 2.43. The van der Waals surface area contributed by atoms with Crippen LogP contribution in [0.15, 0.2) is 120 Å². The molecular formula is C29H34NO8P. The van der Waals surface area contributed by atoms with Crippen LogP contribution in [0, 0.1) is 0 Å². The van der Waals surface area contributed by atoms with Crippen molar-refractivity contribution < 1.29 is 37.6 Å². The van der Waals surface area contributed by atoms with E-state index in [9.17, 15) is 19.0 Å². The lowest BCUT2D eigenvalue weighted by Crippen LogP contribution is -2.28. The van der Waals surface area contributed by atoms with Gasteiger partial charge in [0.1, 0.15) is 6.61 Å². The maximum atomic E-state index is 12.1. The molecule has 39 heavy (non-hydrogen) atoms. The van der Waals surface area contributed by atoms with Crippen molar-refractivity contribution in [3.05, 3.63) is 120 Å². The Hall–Kier alpha value is -3.95. The van der Waals surface area contributed by atoms with Crippen LogP contribution in [0.4, 0.5) is 0 Å². The molecule has 0 radical (unpaired) electrons. The Labute approximate surface area is 229 Å². The van der Waals surface area contributed by atoms with Crippen LogP contribution in [0.25, 0.3) is 0 Å². The van der Waals surface area contributed by atoms with E-state index in [0.29, 0.717) is 0 Å². The first-order chi connectivity index (χ1) is 18.8. The molecule has 0 aromatic heterocycles. The lowest BCUT2D eigenvalue weighted by molar-refractivity contribution is -0.154. The van der Waals surface area contributed by atoms with Gasteiger partial charge in [-0.3, -0.25) is 9.05 Å². The molecule has 0 heterocycles. The fourth-order valence-electron chi connectivity index (χ4n) is 2.03. The van der Waals surface area contributed by atoms with Crippen LogP contribution in [0.5, 0.6) is 0 Å². The van der Waals surface area contributed by atoms with Crippen LogP contribution >= 0.6 is 7.82 Å². The fourth-order valence-corrected chi connectivity index (χ4v) is 2.79. The normalized spacial score (nSPS) is 13.6. The summed E-state index contributed by atoms with van der Waals surface area (Å²) in [6.45, 7) is 2.50. The standard InChI is InChI=1S/C29H34NO8P/c1-3-5-7-9-11-13-15-17-19-21-28(31)35-25-27(26-37-39(33,34)36-24-23-30)38-29(32)22-20-18-16-14-12-10-8-6-4-2/h3-16,21-22,27H,23-26,30H2,1-2H3,(H,33,34). The molecule has 0 aromatic carbocycles. The van der Waals surface area contributed by atoms with E-state index in [-0.39, 0.29) is 13.2 Å². The first-order valence-corrected chi connectivity index (χ1v) is 13.3. The second kappa shape index (κ2) is 24.4. The van der Waals surface area contributed by atoms with Gasteiger partial charge in [-0.2, -0.15) is 0 Å². The molecule has 9 nitrogen and oxygen atoms in total. The molecule has 10 heteroatoms. The van der Waals surface area contributed by atoms with E-state index in [1.54, 1.807) is 24.3 Å². The number of hydrogen-bond donors (Lipinski definition) is 2. The van der Waals surface area contributed by atoms with Crippen LogP contribution in [-0.2, 0) is 32.7 Å². The Balaban J connectivity index is 5.18. The molecule has 0 aliphatic rings. The number of phosphoric ester groups is 1. The molecule has 0 bridgehead atoms.